The molecule has 0 bridgehead atoms. The van der Waals surface area contributed by atoms with Crippen molar-refractivity contribution in [3.05, 3.63) is 12.7 Å². The molecule has 0 saturated heterocycles. The van der Waals surface area contributed by atoms with E-state index in [9.17, 15) is 0 Å². The van der Waals surface area contributed by atoms with Crippen LogP contribution in [0.5, 0.6) is 0 Å². The van der Waals surface area contributed by atoms with Gasteiger partial charge >= 0.3 is 0 Å². The Labute approximate surface area is 69.7 Å². The molecule has 11 heavy (non-hydrogen) atoms. The van der Waals surface area contributed by atoms with E-state index in [0.717, 1.165) is 13.0 Å². The molecule has 0 aromatic carbocycles. The van der Waals surface area contributed by atoms with E-state index in [1.54, 1.807) is 0 Å². The second-order valence-electron chi connectivity index (χ2n) is 3.74. The summed E-state index contributed by atoms with van der Waals surface area (Å²) in [5, 5.41) is 0. The molecule has 0 aromatic heterocycles. The molecule has 1 rings (SSSR count). The first-order chi connectivity index (χ1) is 5.33. The monoisotopic (exact) mass is 153 g/mol. The van der Waals surface area contributed by atoms with E-state index < -0.39 is 0 Å². The molecule has 0 atom stereocenters. The summed E-state index contributed by atoms with van der Waals surface area (Å²) in [5.41, 5.74) is 6.27. The third kappa shape index (κ3) is 2.06. The maximum absolute atomic E-state index is 5.78. The van der Waals surface area contributed by atoms with E-state index in [4.69, 9.17) is 5.73 Å². The Morgan fingerprint density at radius 3 is 2.45 bits per heavy atom. The maximum atomic E-state index is 5.78. The summed E-state index contributed by atoms with van der Waals surface area (Å²) >= 11 is 0. The zero-order chi connectivity index (χ0) is 8.16. The second-order valence-corrected chi connectivity index (χ2v) is 3.74. The highest BCUT2D eigenvalue weighted by atomic mass is 14.6. The van der Waals surface area contributed by atoms with E-state index in [0.29, 0.717) is 5.41 Å². The molecule has 64 valence electrons. The van der Waals surface area contributed by atoms with Gasteiger partial charge in [-0.15, -0.1) is 6.58 Å². The van der Waals surface area contributed by atoms with Crippen LogP contribution in [0.3, 0.4) is 0 Å². The van der Waals surface area contributed by atoms with Crippen LogP contribution in [0.4, 0.5) is 0 Å². The van der Waals surface area contributed by atoms with E-state index in [-0.39, 0.29) is 0 Å². The van der Waals surface area contributed by atoms with Crippen molar-refractivity contribution in [1.29, 1.82) is 0 Å². The van der Waals surface area contributed by atoms with Crippen molar-refractivity contribution in [1.82, 2.24) is 0 Å². The lowest BCUT2D eigenvalue weighted by atomic mass is 9.82. The van der Waals surface area contributed by atoms with Gasteiger partial charge in [-0.25, -0.2) is 0 Å². The average molecular weight is 153 g/mol. The van der Waals surface area contributed by atoms with Gasteiger partial charge in [-0.2, -0.15) is 0 Å². The first kappa shape index (κ1) is 8.79. The lowest BCUT2D eigenvalue weighted by Crippen LogP contribution is -2.26. The standard InChI is InChI=1S/C10H19N/c1-2-3-6-10(9-11)7-4-5-8-10/h2H,1,3-9,11H2. The first-order valence-electron chi connectivity index (χ1n) is 4.64. The van der Waals surface area contributed by atoms with Gasteiger partial charge in [0.2, 0.25) is 0 Å². The van der Waals surface area contributed by atoms with Crippen LogP contribution in [0.2, 0.25) is 0 Å². The van der Waals surface area contributed by atoms with Crippen LogP contribution in [0.25, 0.3) is 0 Å². The lowest BCUT2D eigenvalue weighted by molar-refractivity contribution is 0.285. The summed E-state index contributed by atoms with van der Waals surface area (Å²) in [5.74, 6) is 0. The topological polar surface area (TPSA) is 26.0 Å². The molecule has 1 heteroatoms. The van der Waals surface area contributed by atoms with Gasteiger partial charge < -0.3 is 5.73 Å². The molecule has 0 heterocycles. The Morgan fingerprint density at radius 2 is 2.00 bits per heavy atom. The summed E-state index contributed by atoms with van der Waals surface area (Å²) in [6.45, 7) is 4.62. The number of rotatable bonds is 4. The molecule has 1 aliphatic rings. The molecular weight excluding hydrogens is 134 g/mol. The van der Waals surface area contributed by atoms with Crippen molar-refractivity contribution in [2.45, 2.75) is 38.5 Å². The Hall–Kier alpha value is -0.300. The molecule has 0 spiro atoms. The van der Waals surface area contributed by atoms with Crippen molar-refractivity contribution in [3.8, 4) is 0 Å². The third-order valence-corrected chi connectivity index (χ3v) is 2.98. The highest BCUT2D eigenvalue weighted by molar-refractivity contribution is 4.87. The minimum atomic E-state index is 0.494. The number of hydrogen-bond donors (Lipinski definition) is 1. The Kier molecular flexibility index (Phi) is 3.13. The molecular formula is C10H19N. The summed E-state index contributed by atoms with van der Waals surface area (Å²) in [7, 11) is 0. The van der Waals surface area contributed by atoms with E-state index in [2.05, 4.69) is 6.58 Å². The van der Waals surface area contributed by atoms with Gasteiger partial charge in [-0.3, -0.25) is 0 Å². The Bertz CT molecular complexity index is 123. The van der Waals surface area contributed by atoms with Crippen LogP contribution >= 0.6 is 0 Å². The van der Waals surface area contributed by atoms with Crippen LogP contribution in [0, 0.1) is 5.41 Å². The lowest BCUT2D eigenvalue weighted by Gasteiger charge is -2.26. The number of hydrogen-bond acceptors (Lipinski definition) is 1. The van der Waals surface area contributed by atoms with Gasteiger partial charge in [0.15, 0.2) is 0 Å². The Balaban J connectivity index is 2.38. The molecule has 1 nitrogen and oxygen atoms in total. The average Bonchev–Trinajstić information content (AvgIpc) is 2.50. The molecule has 1 aliphatic carbocycles. The zero-order valence-electron chi connectivity index (χ0n) is 7.31. The third-order valence-electron chi connectivity index (χ3n) is 2.98. The largest absolute Gasteiger partial charge is 0.330 e. The van der Waals surface area contributed by atoms with Crippen molar-refractivity contribution in [2.24, 2.45) is 11.1 Å². The molecule has 2 N–H and O–H groups in total. The summed E-state index contributed by atoms with van der Waals surface area (Å²) in [4.78, 5) is 0. The fourth-order valence-electron chi connectivity index (χ4n) is 2.09. The predicted molar refractivity (Wildman–Crippen MR) is 49.4 cm³/mol. The maximum Gasteiger partial charge on any atom is -0.00204 e. The van der Waals surface area contributed by atoms with Crippen LogP contribution in [-0.4, -0.2) is 6.54 Å². The Morgan fingerprint density at radius 1 is 1.36 bits per heavy atom. The molecule has 0 aliphatic heterocycles. The van der Waals surface area contributed by atoms with Crippen molar-refractivity contribution >= 4 is 0 Å². The fourth-order valence-corrected chi connectivity index (χ4v) is 2.09. The molecule has 0 radical (unpaired) electrons. The van der Waals surface area contributed by atoms with E-state index in [1.807, 2.05) is 6.08 Å². The number of nitrogens with two attached hydrogens (primary N) is 1. The van der Waals surface area contributed by atoms with Crippen LogP contribution in [0.15, 0.2) is 12.7 Å². The zero-order valence-corrected chi connectivity index (χ0v) is 7.31. The smallest absolute Gasteiger partial charge is 0.00204 e. The van der Waals surface area contributed by atoms with Gasteiger partial charge in [-0.1, -0.05) is 18.9 Å². The van der Waals surface area contributed by atoms with Gasteiger partial charge in [-0.05, 0) is 37.6 Å². The van der Waals surface area contributed by atoms with E-state index >= 15 is 0 Å². The molecule has 0 unspecified atom stereocenters. The van der Waals surface area contributed by atoms with Crippen LogP contribution in [0.1, 0.15) is 38.5 Å². The SMILES string of the molecule is C=CCCC1(CN)CCCC1. The van der Waals surface area contributed by atoms with Crippen molar-refractivity contribution in [2.75, 3.05) is 6.54 Å². The molecule has 0 aromatic rings. The highest BCUT2D eigenvalue weighted by Crippen LogP contribution is 2.40. The van der Waals surface area contributed by atoms with Crippen molar-refractivity contribution < 1.29 is 0 Å². The predicted octanol–water partition coefficient (Wildman–Crippen LogP) is 2.47. The molecule has 0 amide bonds. The first-order valence-corrected chi connectivity index (χ1v) is 4.64. The fraction of sp³-hybridized carbons (Fsp3) is 0.800. The summed E-state index contributed by atoms with van der Waals surface area (Å²) in [6, 6.07) is 0. The van der Waals surface area contributed by atoms with Crippen LogP contribution < -0.4 is 5.73 Å². The van der Waals surface area contributed by atoms with Gasteiger partial charge in [0.25, 0.3) is 0 Å². The summed E-state index contributed by atoms with van der Waals surface area (Å²) in [6.07, 6.45) is 9.86. The minimum absolute atomic E-state index is 0.494. The van der Waals surface area contributed by atoms with Gasteiger partial charge in [0.1, 0.15) is 0 Å². The number of allylic oxidation sites excluding steroid dienone is 1. The normalized spacial score (nSPS) is 21.9. The second kappa shape index (κ2) is 3.91. The quantitative estimate of drug-likeness (QED) is 0.617. The highest BCUT2D eigenvalue weighted by Gasteiger charge is 2.30. The van der Waals surface area contributed by atoms with Crippen LogP contribution in [-0.2, 0) is 0 Å². The molecule has 1 fully saturated rings. The van der Waals surface area contributed by atoms with Gasteiger partial charge in [0, 0.05) is 0 Å². The summed E-state index contributed by atoms with van der Waals surface area (Å²) < 4.78 is 0. The van der Waals surface area contributed by atoms with Gasteiger partial charge in [0.05, 0.1) is 0 Å². The van der Waals surface area contributed by atoms with Crippen molar-refractivity contribution in [3.63, 3.8) is 0 Å². The minimum Gasteiger partial charge on any atom is -0.330 e. The van der Waals surface area contributed by atoms with E-state index in [1.165, 1.54) is 32.1 Å². The molecule has 1 saturated carbocycles.